The minimum absolute atomic E-state index is 0.219. The third kappa shape index (κ3) is 13.1. The molecule has 0 saturated carbocycles. The Hall–Kier alpha value is -0.630. The maximum Gasteiger partial charge on any atom is 0.180 e. The highest BCUT2D eigenvalue weighted by Gasteiger charge is 2.13. The normalized spacial score (nSPS) is 12.5. The summed E-state index contributed by atoms with van der Waals surface area (Å²) in [6.07, 6.45) is 12.6. The summed E-state index contributed by atoms with van der Waals surface area (Å²) in [5, 5.41) is 8.66. The average molecular weight is 313 g/mol. The summed E-state index contributed by atoms with van der Waals surface area (Å²) in [6.45, 7) is 2.71. The summed E-state index contributed by atoms with van der Waals surface area (Å²) in [5.74, 6) is 0. The van der Waals surface area contributed by atoms with Crippen LogP contribution in [0.15, 0.2) is 0 Å². The van der Waals surface area contributed by atoms with Crippen LogP contribution in [0, 0.1) is 11.3 Å². The van der Waals surface area contributed by atoms with Gasteiger partial charge in [-0.25, -0.2) is 0 Å². The maximum atomic E-state index is 8.66. The Kier molecular flexibility index (Phi) is 16.3. The monoisotopic (exact) mass is 313 g/mol. The predicted octanol–water partition coefficient (Wildman–Crippen LogP) is 4.83. The lowest BCUT2D eigenvalue weighted by atomic mass is 10.0. The van der Waals surface area contributed by atoms with Gasteiger partial charge < -0.3 is 14.2 Å². The summed E-state index contributed by atoms with van der Waals surface area (Å²) in [6, 6.07) is 2.20. The molecule has 0 fully saturated rings. The molecule has 0 aliphatic carbocycles. The van der Waals surface area contributed by atoms with E-state index in [0.717, 1.165) is 19.3 Å². The Bertz CT molecular complexity index is 262. The van der Waals surface area contributed by atoms with E-state index in [-0.39, 0.29) is 12.4 Å². The number of hydrogen-bond donors (Lipinski definition) is 0. The van der Waals surface area contributed by atoms with Gasteiger partial charge in [-0.05, 0) is 19.3 Å². The lowest BCUT2D eigenvalue weighted by molar-refractivity contribution is -0.153. The number of nitrogens with zero attached hydrogens (tertiary/aromatic N) is 1. The van der Waals surface area contributed by atoms with Crippen molar-refractivity contribution in [3.8, 4) is 6.07 Å². The van der Waals surface area contributed by atoms with Crippen molar-refractivity contribution in [3.05, 3.63) is 0 Å². The maximum absolute atomic E-state index is 8.66. The Morgan fingerprint density at radius 1 is 0.864 bits per heavy atom. The van der Waals surface area contributed by atoms with Crippen molar-refractivity contribution in [3.63, 3.8) is 0 Å². The van der Waals surface area contributed by atoms with Gasteiger partial charge in [0.1, 0.15) is 0 Å². The standard InChI is InChI=1S/C18H35NO3/c1-4-5-6-7-8-9-10-13-17(14-11-12-15-19)22-16-18(20-2)21-3/h17-18H,4-14,16H2,1-3H3. The van der Waals surface area contributed by atoms with Crippen molar-refractivity contribution >= 4 is 0 Å². The van der Waals surface area contributed by atoms with E-state index in [1.807, 2.05) is 0 Å². The zero-order valence-corrected chi connectivity index (χ0v) is 14.8. The lowest BCUT2D eigenvalue weighted by Gasteiger charge is -2.21. The van der Waals surface area contributed by atoms with E-state index >= 15 is 0 Å². The van der Waals surface area contributed by atoms with E-state index in [0.29, 0.717) is 13.0 Å². The van der Waals surface area contributed by atoms with Crippen LogP contribution in [0.25, 0.3) is 0 Å². The number of ether oxygens (including phenoxy) is 3. The predicted molar refractivity (Wildman–Crippen MR) is 89.6 cm³/mol. The molecule has 130 valence electrons. The number of nitriles is 1. The van der Waals surface area contributed by atoms with E-state index in [1.54, 1.807) is 14.2 Å². The van der Waals surface area contributed by atoms with Crippen molar-refractivity contribution < 1.29 is 14.2 Å². The van der Waals surface area contributed by atoms with Crippen LogP contribution in [0.2, 0.25) is 0 Å². The first-order chi connectivity index (χ1) is 10.8. The fraction of sp³-hybridized carbons (Fsp3) is 0.944. The van der Waals surface area contributed by atoms with Crippen molar-refractivity contribution in [2.24, 2.45) is 0 Å². The summed E-state index contributed by atoms with van der Waals surface area (Å²) in [5.41, 5.74) is 0. The highest BCUT2D eigenvalue weighted by Crippen LogP contribution is 2.16. The van der Waals surface area contributed by atoms with E-state index in [2.05, 4.69) is 13.0 Å². The molecule has 4 nitrogen and oxygen atoms in total. The van der Waals surface area contributed by atoms with E-state index < -0.39 is 0 Å². The van der Waals surface area contributed by atoms with Crippen molar-refractivity contribution in [1.29, 1.82) is 5.26 Å². The fourth-order valence-electron chi connectivity index (χ4n) is 2.50. The van der Waals surface area contributed by atoms with Gasteiger partial charge in [-0.1, -0.05) is 51.9 Å². The Balaban J connectivity index is 3.84. The molecule has 22 heavy (non-hydrogen) atoms. The first-order valence-electron chi connectivity index (χ1n) is 8.82. The van der Waals surface area contributed by atoms with Gasteiger partial charge >= 0.3 is 0 Å². The number of methoxy groups -OCH3 is 2. The van der Waals surface area contributed by atoms with Gasteiger partial charge in [0.2, 0.25) is 0 Å². The summed E-state index contributed by atoms with van der Waals surface area (Å²) >= 11 is 0. The SMILES string of the molecule is CCCCCCCCCC(CCCC#N)OCC(OC)OC. The summed E-state index contributed by atoms with van der Waals surface area (Å²) in [4.78, 5) is 0. The van der Waals surface area contributed by atoms with Crippen LogP contribution >= 0.6 is 0 Å². The van der Waals surface area contributed by atoms with Gasteiger partial charge in [0.05, 0.1) is 18.8 Å². The van der Waals surface area contributed by atoms with Gasteiger partial charge in [0, 0.05) is 20.6 Å². The molecule has 4 heteroatoms. The van der Waals surface area contributed by atoms with E-state index in [4.69, 9.17) is 19.5 Å². The molecule has 0 radical (unpaired) electrons. The van der Waals surface area contributed by atoms with Crippen molar-refractivity contribution in [2.45, 2.75) is 89.9 Å². The van der Waals surface area contributed by atoms with Gasteiger partial charge in [0.15, 0.2) is 6.29 Å². The fourth-order valence-corrected chi connectivity index (χ4v) is 2.50. The molecule has 0 amide bonds. The van der Waals surface area contributed by atoms with Gasteiger partial charge in [-0.2, -0.15) is 5.26 Å². The first kappa shape index (κ1) is 21.4. The lowest BCUT2D eigenvalue weighted by Crippen LogP contribution is -2.25. The third-order valence-corrected chi connectivity index (χ3v) is 3.94. The van der Waals surface area contributed by atoms with Crippen LogP contribution in [0.4, 0.5) is 0 Å². The number of unbranched alkanes of at least 4 members (excludes halogenated alkanes) is 7. The highest BCUT2D eigenvalue weighted by atomic mass is 16.7. The topological polar surface area (TPSA) is 51.5 Å². The highest BCUT2D eigenvalue weighted by molar-refractivity contribution is 4.70. The smallest absolute Gasteiger partial charge is 0.180 e. The van der Waals surface area contributed by atoms with Gasteiger partial charge in [-0.3, -0.25) is 0 Å². The molecule has 0 N–H and O–H groups in total. The van der Waals surface area contributed by atoms with Crippen molar-refractivity contribution in [1.82, 2.24) is 0 Å². The second-order valence-corrected chi connectivity index (χ2v) is 5.82. The molecule has 0 aromatic heterocycles. The van der Waals surface area contributed by atoms with Crippen LogP contribution < -0.4 is 0 Å². The summed E-state index contributed by atoms with van der Waals surface area (Å²) < 4.78 is 16.2. The Labute approximate surface area is 137 Å². The zero-order valence-electron chi connectivity index (χ0n) is 14.8. The molecule has 0 saturated heterocycles. The van der Waals surface area contributed by atoms with Crippen LogP contribution in [0.3, 0.4) is 0 Å². The molecule has 0 bridgehead atoms. The molecule has 0 aliphatic heterocycles. The quantitative estimate of drug-likeness (QED) is 0.303. The minimum Gasteiger partial charge on any atom is -0.373 e. The Morgan fingerprint density at radius 3 is 2.05 bits per heavy atom. The molecule has 0 aliphatic rings. The molecule has 1 atom stereocenters. The minimum atomic E-state index is -0.299. The summed E-state index contributed by atoms with van der Waals surface area (Å²) in [7, 11) is 3.25. The van der Waals surface area contributed by atoms with Crippen molar-refractivity contribution in [2.75, 3.05) is 20.8 Å². The van der Waals surface area contributed by atoms with Crippen LogP contribution in [0.5, 0.6) is 0 Å². The molecule has 1 unspecified atom stereocenters. The molecule has 0 spiro atoms. The average Bonchev–Trinajstić information content (AvgIpc) is 2.54. The van der Waals surface area contributed by atoms with Crippen LogP contribution in [-0.2, 0) is 14.2 Å². The molecule has 0 aromatic rings. The number of hydrogen-bond acceptors (Lipinski definition) is 4. The van der Waals surface area contributed by atoms with E-state index in [1.165, 1.54) is 44.9 Å². The largest absolute Gasteiger partial charge is 0.373 e. The van der Waals surface area contributed by atoms with Crippen LogP contribution in [-0.4, -0.2) is 33.2 Å². The molecule has 0 aromatic carbocycles. The Morgan fingerprint density at radius 2 is 1.45 bits per heavy atom. The van der Waals surface area contributed by atoms with E-state index in [9.17, 15) is 0 Å². The molecule has 0 rings (SSSR count). The first-order valence-corrected chi connectivity index (χ1v) is 8.82. The molecular weight excluding hydrogens is 278 g/mol. The molecular formula is C18H35NO3. The van der Waals surface area contributed by atoms with Gasteiger partial charge in [0.25, 0.3) is 0 Å². The van der Waals surface area contributed by atoms with Gasteiger partial charge in [-0.15, -0.1) is 0 Å². The number of rotatable bonds is 16. The molecule has 0 heterocycles. The second kappa shape index (κ2) is 16.7. The second-order valence-electron chi connectivity index (χ2n) is 5.82. The zero-order chi connectivity index (χ0) is 16.5. The third-order valence-electron chi connectivity index (χ3n) is 3.94. The van der Waals surface area contributed by atoms with Crippen LogP contribution in [0.1, 0.15) is 77.6 Å².